The van der Waals surface area contributed by atoms with Crippen molar-refractivity contribution >= 4 is 0 Å². The molecule has 0 radical (unpaired) electrons. The minimum absolute atomic E-state index is 0.470. The zero-order valence-corrected chi connectivity index (χ0v) is 10.0. The summed E-state index contributed by atoms with van der Waals surface area (Å²) in [6.45, 7) is 4.54. The Morgan fingerprint density at radius 1 is 1.20 bits per heavy atom. The zero-order chi connectivity index (χ0) is 11.1. The van der Waals surface area contributed by atoms with E-state index in [4.69, 9.17) is 0 Å². The molecule has 1 N–H and O–H groups in total. The molecule has 1 heterocycles. The van der Waals surface area contributed by atoms with Crippen molar-refractivity contribution in [2.24, 2.45) is 5.92 Å². The van der Waals surface area contributed by atoms with Crippen LogP contribution in [0.15, 0.2) is 24.5 Å². The Balaban J connectivity index is 2.64. The van der Waals surface area contributed by atoms with Gasteiger partial charge in [-0.15, -0.1) is 0 Å². The lowest BCUT2D eigenvalue weighted by Crippen LogP contribution is -2.19. The molecule has 1 aromatic heterocycles. The fourth-order valence-corrected chi connectivity index (χ4v) is 1.97. The van der Waals surface area contributed by atoms with Crippen molar-refractivity contribution in [2.45, 2.75) is 39.2 Å². The van der Waals surface area contributed by atoms with Gasteiger partial charge in [-0.3, -0.25) is 4.98 Å². The van der Waals surface area contributed by atoms with E-state index >= 15 is 0 Å². The fourth-order valence-electron chi connectivity index (χ4n) is 1.97. The van der Waals surface area contributed by atoms with Gasteiger partial charge in [0.25, 0.3) is 0 Å². The minimum Gasteiger partial charge on any atom is -0.313 e. The van der Waals surface area contributed by atoms with Crippen LogP contribution in [0.25, 0.3) is 0 Å². The first-order valence-electron chi connectivity index (χ1n) is 5.88. The van der Waals surface area contributed by atoms with Crippen LogP contribution >= 0.6 is 0 Å². The molecule has 0 aliphatic heterocycles. The van der Waals surface area contributed by atoms with Crippen LogP contribution in [0.5, 0.6) is 0 Å². The highest BCUT2D eigenvalue weighted by Gasteiger charge is 2.13. The predicted molar refractivity (Wildman–Crippen MR) is 64.7 cm³/mol. The van der Waals surface area contributed by atoms with E-state index in [0.717, 1.165) is 5.92 Å². The van der Waals surface area contributed by atoms with Gasteiger partial charge >= 0.3 is 0 Å². The highest BCUT2D eigenvalue weighted by atomic mass is 14.9. The summed E-state index contributed by atoms with van der Waals surface area (Å²) >= 11 is 0. The van der Waals surface area contributed by atoms with Crippen molar-refractivity contribution < 1.29 is 0 Å². The van der Waals surface area contributed by atoms with Gasteiger partial charge in [-0.25, -0.2) is 0 Å². The maximum atomic E-state index is 4.05. The van der Waals surface area contributed by atoms with E-state index in [-0.39, 0.29) is 0 Å². The minimum atomic E-state index is 0.470. The third kappa shape index (κ3) is 3.63. The topological polar surface area (TPSA) is 24.9 Å². The number of hydrogen-bond acceptors (Lipinski definition) is 2. The zero-order valence-electron chi connectivity index (χ0n) is 10.0. The molecule has 0 saturated heterocycles. The van der Waals surface area contributed by atoms with Crippen molar-refractivity contribution in [3.63, 3.8) is 0 Å². The Hall–Kier alpha value is -0.890. The molecule has 1 rings (SSSR count). The monoisotopic (exact) mass is 206 g/mol. The lowest BCUT2D eigenvalue weighted by atomic mass is 9.91. The van der Waals surface area contributed by atoms with Gasteiger partial charge < -0.3 is 5.32 Å². The summed E-state index contributed by atoms with van der Waals surface area (Å²) in [5.41, 5.74) is 1.35. The van der Waals surface area contributed by atoms with Crippen molar-refractivity contribution in [3.8, 4) is 0 Å². The van der Waals surface area contributed by atoms with E-state index in [2.05, 4.69) is 36.3 Å². The highest BCUT2D eigenvalue weighted by Crippen LogP contribution is 2.24. The van der Waals surface area contributed by atoms with E-state index in [0.29, 0.717) is 6.04 Å². The molecule has 1 unspecified atom stereocenters. The molecule has 15 heavy (non-hydrogen) atoms. The Morgan fingerprint density at radius 2 is 1.80 bits per heavy atom. The Kier molecular flexibility index (Phi) is 5.33. The lowest BCUT2D eigenvalue weighted by Gasteiger charge is -2.21. The molecule has 1 atom stereocenters. The van der Waals surface area contributed by atoms with E-state index in [1.165, 1.54) is 24.8 Å². The van der Waals surface area contributed by atoms with Crippen LogP contribution in [0.3, 0.4) is 0 Å². The molecule has 0 bridgehead atoms. The average molecular weight is 206 g/mol. The first-order chi connectivity index (χ1) is 7.31. The summed E-state index contributed by atoms with van der Waals surface area (Å²) in [5, 5.41) is 3.39. The largest absolute Gasteiger partial charge is 0.313 e. The van der Waals surface area contributed by atoms with Crippen LogP contribution < -0.4 is 5.32 Å². The fraction of sp³-hybridized carbons (Fsp3) is 0.615. The van der Waals surface area contributed by atoms with Crippen LogP contribution in [-0.2, 0) is 0 Å². The normalized spacial score (nSPS) is 13.1. The summed E-state index contributed by atoms with van der Waals surface area (Å²) in [7, 11) is 2.04. The molecule has 0 spiro atoms. The number of hydrogen-bond donors (Lipinski definition) is 1. The first kappa shape index (κ1) is 12.2. The second-order valence-electron chi connectivity index (χ2n) is 4.04. The molecule has 0 fully saturated rings. The van der Waals surface area contributed by atoms with Gasteiger partial charge in [0.1, 0.15) is 0 Å². The molecule has 0 amide bonds. The summed E-state index contributed by atoms with van der Waals surface area (Å²) in [5.74, 6) is 0.815. The number of nitrogens with one attached hydrogen (secondary N) is 1. The van der Waals surface area contributed by atoms with Gasteiger partial charge in [0.2, 0.25) is 0 Å². The third-order valence-electron chi connectivity index (χ3n) is 3.18. The Morgan fingerprint density at radius 3 is 2.27 bits per heavy atom. The molecular weight excluding hydrogens is 184 g/mol. The molecule has 0 aromatic carbocycles. The van der Waals surface area contributed by atoms with Crippen LogP contribution in [0.2, 0.25) is 0 Å². The standard InChI is InChI=1S/C13H22N2/c1-4-11(5-2)10-13(14-3)12-6-8-15-9-7-12/h6-9,11,13-14H,4-5,10H2,1-3H3. The average Bonchev–Trinajstić information content (AvgIpc) is 2.32. The van der Waals surface area contributed by atoms with E-state index in [1.807, 2.05) is 19.4 Å². The maximum Gasteiger partial charge on any atom is 0.0321 e. The van der Waals surface area contributed by atoms with E-state index in [9.17, 15) is 0 Å². The molecule has 0 saturated carbocycles. The SMILES string of the molecule is CCC(CC)CC(NC)c1ccncc1. The smallest absolute Gasteiger partial charge is 0.0321 e. The number of rotatable bonds is 6. The summed E-state index contributed by atoms with van der Waals surface area (Å²) in [4.78, 5) is 4.05. The van der Waals surface area contributed by atoms with Crippen LogP contribution in [0.1, 0.15) is 44.7 Å². The second kappa shape index (κ2) is 6.57. The Bertz CT molecular complexity index is 254. The van der Waals surface area contributed by atoms with E-state index < -0.39 is 0 Å². The molecule has 2 nitrogen and oxygen atoms in total. The number of aromatic nitrogens is 1. The quantitative estimate of drug-likeness (QED) is 0.773. The summed E-state index contributed by atoms with van der Waals surface area (Å²) in [6, 6.07) is 4.67. The van der Waals surface area contributed by atoms with Gasteiger partial charge in [0.05, 0.1) is 0 Å². The van der Waals surface area contributed by atoms with Gasteiger partial charge in [-0.05, 0) is 37.1 Å². The number of nitrogens with zero attached hydrogens (tertiary/aromatic N) is 1. The number of pyridine rings is 1. The third-order valence-corrected chi connectivity index (χ3v) is 3.18. The highest BCUT2D eigenvalue weighted by molar-refractivity contribution is 5.14. The van der Waals surface area contributed by atoms with Crippen LogP contribution in [0, 0.1) is 5.92 Å². The first-order valence-corrected chi connectivity index (χ1v) is 5.88. The molecule has 0 aliphatic carbocycles. The molecule has 84 valence electrons. The predicted octanol–water partition coefficient (Wildman–Crippen LogP) is 3.17. The van der Waals surface area contributed by atoms with E-state index in [1.54, 1.807) is 0 Å². The lowest BCUT2D eigenvalue weighted by molar-refractivity contribution is 0.385. The summed E-state index contributed by atoms with van der Waals surface area (Å²) in [6.07, 6.45) is 7.48. The van der Waals surface area contributed by atoms with Gasteiger partial charge in [0.15, 0.2) is 0 Å². The molecule has 0 aliphatic rings. The van der Waals surface area contributed by atoms with Crippen molar-refractivity contribution in [2.75, 3.05) is 7.05 Å². The molecule has 2 heteroatoms. The van der Waals surface area contributed by atoms with Crippen LogP contribution in [-0.4, -0.2) is 12.0 Å². The molecular formula is C13H22N2. The van der Waals surface area contributed by atoms with Crippen molar-refractivity contribution in [3.05, 3.63) is 30.1 Å². The molecule has 1 aromatic rings. The summed E-state index contributed by atoms with van der Waals surface area (Å²) < 4.78 is 0. The van der Waals surface area contributed by atoms with Crippen molar-refractivity contribution in [1.82, 2.24) is 10.3 Å². The van der Waals surface area contributed by atoms with Crippen LogP contribution in [0.4, 0.5) is 0 Å². The van der Waals surface area contributed by atoms with Gasteiger partial charge in [-0.2, -0.15) is 0 Å². The van der Waals surface area contributed by atoms with Gasteiger partial charge in [0, 0.05) is 18.4 Å². The second-order valence-corrected chi connectivity index (χ2v) is 4.04. The van der Waals surface area contributed by atoms with Crippen molar-refractivity contribution in [1.29, 1.82) is 0 Å². The Labute approximate surface area is 93.1 Å². The maximum absolute atomic E-state index is 4.05. The van der Waals surface area contributed by atoms with Gasteiger partial charge in [-0.1, -0.05) is 26.7 Å².